The maximum atomic E-state index is 13.6. The summed E-state index contributed by atoms with van der Waals surface area (Å²) in [6.07, 6.45) is 2.63. The zero-order valence-electron chi connectivity index (χ0n) is 19.4. The number of carbonyl (C=O) groups is 1. The first-order valence-electron chi connectivity index (χ1n) is 10.8. The van der Waals surface area contributed by atoms with Crippen LogP contribution in [0.3, 0.4) is 0 Å². The summed E-state index contributed by atoms with van der Waals surface area (Å²) in [4.78, 5) is 14.2. The van der Waals surface area contributed by atoms with Crippen molar-refractivity contribution in [2.45, 2.75) is 43.0 Å². The first kappa shape index (κ1) is 24.9. The minimum absolute atomic E-state index is 0.152. The van der Waals surface area contributed by atoms with Crippen LogP contribution in [0, 0.1) is 13.8 Å². The molecular weight excluding hydrogens is 452 g/mol. The second-order valence-electron chi connectivity index (χ2n) is 7.96. The SMILES string of the molecule is CCC(NC(=O)CN(c1ccc(C)cc1)S(=O)(=O)c1ccc(SC)cc1)c1ccc(C)cc1. The van der Waals surface area contributed by atoms with Gasteiger partial charge in [-0.25, -0.2) is 8.42 Å². The maximum absolute atomic E-state index is 13.6. The number of benzene rings is 3. The molecule has 0 fully saturated rings. The van der Waals surface area contributed by atoms with E-state index in [1.165, 1.54) is 4.31 Å². The molecule has 0 aromatic heterocycles. The van der Waals surface area contributed by atoms with Crippen LogP contribution in [0.1, 0.15) is 36.1 Å². The number of amides is 1. The fourth-order valence-corrected chi connectivity index (χ4v) is 5.32. The van der Waals surface area contributed by atoms with Crippen molar-refractivity contribution in [2.75, 3.05) is 17.1 Å². The Labute approximate surface area is 201 Å². The number of anilines is 1. The molecule has 1 unspecified atom stereocenters. The average molecular weight is 483 g/mol. The standard InChI is InChI=1S/C26H30N2O3S2/c1-5-25(21-10-6-19(2)7-11-21)27-26(29)18-28(22-12-8-20(3)9-13-22)33(30,31)24-16-14-23(32-4)15-17-24/h6-17,25H,5,18H2,1-4H3,(H,27,29). The highest BCUT2D eigenvalue weighted by Gasteiger charge is 2.28. The average Bonchev–Trinajstić information content (AvgIpc) is 2.82. The third-order valence-corrected chi connectivity index (χ3v) is 8.01. The molecular formula is C26H30N2O3S2. The second-order valence-corrected chi connectivity index (χ2v) is 10.7. The topological polar surface area (TPSA) is 66.5 Å². The van der Waals surface area contributed by atoms with E-state index in [4.69, 9.17) is 0 Å². The van der Waals surface area contributed by atoms with Gasteiger partial charge in [0.25, 0.3) is 10.0 Å². The first-order chi connectivity index (χ1) is 15.7. The Balaban J connectivity index is 1.89. The lowest BCUT2D eigenvalue weighted by Gasteiger charge is -2.26. The van der Waals surface area contributed by atoms with E-state index >= 15 is 0 Å². The summed E-state index contributed by atoms with van der Waals surface area (Å²) >= 11 is 1.54. The van der Waals surface area contributed by atoms with Gasteiger partial charge in [0.15, 0.2) is 0 Å². The van der Waals surface area contributed by atoms with Crippen molar-refractivity contribution in [3.8, 4) is 0 Å². The molecule has 1 N–H and O–H groups in total. The van der Waals surface area contributed by atoms with Gasteiger partial charge in [0.1, 0.15) is 6.54 Å². The third-order valence-electron chi connectivity index (χ3n) is 5.48. The first-order valence-corrected chi connectivity index (χ1v) is 13.5. The molecule has 3 aromatic rings. The van der Waals surface area contributed by atoms with Gasteiger partial charge in [-0.1, -0.05) is 54.4 Å². The number of aryl methyl sites for hydroxylation is 2. The normalized spacial score (nSPS) is 12.2. The van der Waals surface area contributed by atoms with Crippen LogP contribution in [0.4, 0.5) is 5.69 Å². The fourth-order valence-electron chi connectivity index (χ4n) is 3.49. The van der Waals surface area contributed by atoms with Crippen LogP contribution in [0.25, 0.3) is 0 Å². The van der Waals surface area contributed by atoms with E-state index in [0.717, 1.165) is 21.6 Å². The molecule has 0 heterocycles. The van der Waals surface area contributed by atoms with E-state index < -0.39 is 10.0 Å². The number of hydrogen-bond acceptors (Lipinski definition) is 4. The lowest BCUT2D eigenvalue weighted by Crippen LogP contribution is -2.42. The van der Waals surface area contributed by atoms with E-state index in [1.807, 2.05) is 63.4 Å². The summed E-state index contributed by atoms with van der Waals surface area (Å²) in [5.41, 5.74) is 3.60. The van der Waals surface area contributed by atoms with Crippen molar-refractivity contribution < 1.29 is 13.2 Å². The zero-order chi connectivity index (χ0) is 24.0. The molecule has 5 nitrogen and oxygen atoms in total. The van der Waals surface area contributed by atoms with Crippen LogP contribution in [-0.4, -0.2) is 27.1 Å². The lowest BCUT2D eigenvalue weighted by molar-refractivity contribution is -0.120. The van der Waals surface area contributed by atoms with Crippen molar-refractivity contribution in [1.82, 2.24) is 5.32 Å². The minimum atomic E-state index is -3.94. The van der Waals surface area contributed by atoms with Crippen molar-refractivity contribution in [3.05, 3.63) is 89.5 Å². The monoisotopic (exact) mass is 482 g/mol. The number of thioether (sulfide) groups is 1. The Hall–Kier alpha value is -2.77. The van der Waals surface area contributed by atoms with Crippen molar-refractivity contribution in [1.29, 1.82) is 0 Å². The number of rotatable bonds is 9. The van der Waals surface area contributed by atoms with Crippen molar-refractivity contribution >= 4 is 33.4 Å². The molecule has 0 saturated heterocycles. The zero-order valence-corrected chi connectivity index (χ0v) is 21.0. The van der Waals surface area contributed by atoms with Gasteiger partial charge in [0, 0.05) is 4.90 Å². The smallest absolute Gasteiger partial charge is 0.264 e. The quantitative estimate of drug-likeness (QED) is 0.410. The summed E-state index contributed by atoms with van der Waals surface area (Å²) < 4.78 is 28.3. The van der Waals surface area contributed by atoms with Crippen LogP contribution in [0.5, 0.6) is 0 Å². The van der Waals surface area contributed by atoms with Crippen molar-refractivity contribution in [3.63, 3.8) is 0 Å². The number of nitrogens with zero attached hydrogens (tertiary/aromatic N) is 1. The van der Waals surface area contributed by atoms with E-state index in [9.17, 15) is 13.2 Å². The van der Waals surface area contributed by atoms with Gasteiger partial charge in [0.2, 0.25) is 5.91 Å². The summed E-state index contributed by atoms with van der Waals surface area (Å²) in [6, 6.07) is 21.7. The Morgan fingerprint density at radius 3 is 1.97 bits per heavy atom. The van der Waals surface area contributed by atoms with Gasteiger partial charge in [-0.3, -0.25) is 9.10 Å². The van der Waals surface area contributed by atoms with Crippen LogP contribution < -0.4 is 9.62 Å². The van der Waals surface area contributed by atoms with Gasteiger partial charge in [-0.05, 0) is 68.5 Å². The summed E-state index contributed by atoms with van der Waals surface area (Å²) in [5, 5.41) is 3.01. The largest absolute Gasteiger partial charge is 0.348 e. The Morgan fingerprint density at radius 2 is 1.45 bits per heavy atom. The number of carbonyl (C=O) groups excluding carboxylic acids is 1. The Kier molecular flexibility index (Phi) is 8.21. The highest BCUT2D eigenvalue weighted by Crippen LogP contribution is 2.26. The summed E-state index contributed by atoms with van der Waals surface area (Å²) in [6.45, 7) is 5.63. The highest BCUT2D eigenvalue weighted by molar-refractivity contribution is 7.98. The van der Waals surface area contributed by atoms with E-state index in [2.05, 4.69) is 5.32 Å². The molecule has 0 radical (unpaired) electrons. The molecule has 0 aliphatic rings. The van der Waals surface area contributed by atoms with E-state index in [-0.39, 0.29) is 23.4 Å². The Bertz CT molecular complexity index is 1170. The molecule has 1 amide bonds. The van der Waals surface area contributed by atoms with Gasteiger partial charge in [-0.15, -0.1) is 11.8 Å². The molecule has 7 heteroatoms. The number of sulfonamides is 1. The molecule has 0 spiro atoms. The predicted molar refractivity (Wildman–Crippen MR) is 136 cm³/mol. The molecule has 3 rings (SSSR count). The van der Waals surface area contributed by atoms with Gasteiger partial charge in [-0.2, -0.15) is 0 Å². The van der Waals surface area contributed by atoms with E-state index in [1.54, 1.807) is 48.2 Å². The molecule has 3 aromatic carbocycles. The molecule has 0 aliphatic heterocycles. The molecule has 174 valence electrons. The van der Waals surface area contributed by atoms with Gasteiger partial charge >= 0.3 is 0 Å². The van der Waals surface area contributed by atoms with Gasteiger partial charge < -0.3 is 5.32 Å². The fraction of sp³-hybridized carbons (Fsp3) is 0.269. The van der Waals surface area contributed by atoms with Crippen LogP contribution in [0.15, 0.2) is 82.6 Å². The summed E-state index contributed by atoms with van der Waals surface area (Å²) in [7, 11) is -3.94. The third kappa shape index (κ3) is 6.18. The highest BCUT2D eigenvalue weighted by atomic mass is 32.2. The molecule has 0 saturated carbocycles. The van der Waals surface area contributed by atoms with Crippen molar-refractivity contribution in [2.24, 2.45) is 0 Å². The number of hydrogen-bond donors (Lipinski definition) is 1. The molecule has 33 heavy (non-hydrogen) atoms. The van der Waals surface area contributed by atoms with Crippen LogP contribution >= 0.6 is 11.8 Å². The van der Waals surface area contributed by atoms with Gasteiger partial charge in [0.05, 0.1) is 16.6 Å². The lowest BCUT2D eigenvalue weighted by atomic mass is 10.0. The van der Waals surface area contributed by atoms with Crippen LogP contribution in [-0.2, 0) is 14.8 Å². The minimum Gasteiger partial charge on any atom is -0.348 e. The molecule has 0 bridgehead atoms. The maximum Gasteiger partial charge on any atom is 0.264 e. The molecule has 1 atom stereocenters. The van der Waals surface area contributed by atoms with E-state index in [0.29, 0.717) is 12.1 Å². The Morgan fingerprint density at radius 1 is 0.909 bits per heavy atom. The predicted octanol–water partition coefficient (Wildman–Crippen LogP) is 5.49. The number of nitrogens with one attached hydrogen (secondary N) is 1. The second kappa shape index (κ2) is 10.9. The molecule has 0 aliphatic carbocycles. The van der Waals surface area contributed by atoms with Crippen LogP contribution in [0.2, 0.25) is 0 Å². The summed E-state index contributed by atoms with van der Waals surface area (Å²) in [5.74, 6) is -0.354.